The van der Waals surface area contributed by atoms with E-state index in [0.717, 1.165) is 6.42 Å². The van der Waals surface area contributed by atoms with E-state index in [2.05, 4.69) is 28.9 Å². The van der Waals surface area contributed by atoms with E-state index in [0.29, 0.717) is 31.5 Å². The maximum Gasteiger partial charge on any atom is 0.240 e. The maximum absolute atomic E-state index is 12.1. The molecule has 7 heteroatoms. The minimum Gasteiger partial charge on any atom is -0.380 e. The summed E-state index contributed by atoms with van der Waals surface area (Å²) in [6.07, 6.45) is 2.45. The van der Waals surface area contributed by atoms with Crippen molar-refractivity contribution in [3.63, 3.8) is 0 Å². The van der Waals surface area contributed by atoms with Crippen LogP contribution in [0.3, 0.4) is 0 Å². The van der Waals surface area contributed by atoms with Gasteiger partial charge in [-0.25, -0.2) is 18.1 Å². The van der Waals surface area contributed by atoms with Crippen LogP contribution in [0.2, 0.25) is 0 Å². The molecule has 0 radical (unpaired) electrons. The van der Waals surface area contributed by atoms with E-state index in [1.54, 1.807) is 0 Å². The lowest BCUT2D eigenvalue weighted by Crippen LogP contribution is -2.27. The van der Waals surface area contributed by atoms with E-state index in [1.165, 1.54) is 18.3 Å². The van der Waals surface area contributed by atoms with Crippen molar-refractivity contribution in [1.82, 2.24) is 9.71 Å². The van der Waals surface area contributed by atoms with Crippen LogP contribution in [0, 0.1) is 5.92 Å². The van der Waals surface area contributed by atoms with Gasteiger partial charge < -0.3 is 10.1 Å². The molecule has 0 bridgehead atoms. The Morgan fingerprint density at radius 3 is 2.76 bits per heavy atom. The second kappa shape index (κ2) is 8.96. The third kappa shape index (κ3) is 6.88. The van der Waals surface area contributed by atoms with Crippen LogP contribution in [0.25, 0.3) is 0 Å². The Morgan fingerprint density at radius 1 is 1.33 bits per heavy atom. The lowest BCUT2D eigenvalue weighted by atomic mass is 10.1. The number of anilines is 1. The minimum atomic E-state index is -3.51. The highest BCUT2D eigenvalue weighted by Crippen LogP contribution is 2.12. The standard InChI is InChI=1S/C14H25N3O3S/c1-4-15-14-11-13(5-7-16-14)21(18,19)17-8-10-20-9-6-12(2)3/h5,7,11-12,17H,4,6,8-10H2,1-3H3,(H,15,16). The topological polar surface area (TPSA) is 80.3 Å². The highest BCUT2D eigenvalue weighted by Gasteiger charge is 2.14. The molecule has 1 aromatic heterocycles. The highest BCUT2D eigenvalue weighted by atomic mass is 32.2. The number of nitrogens with one attached hydrogen (secondary N) is 2. The van der Waals surface area contributed by atoms with Gasteiger partial charge in [-0.1, -0.05) is 13.8 Å². The van der Waals surface area contributed by atoms with Gasteiger partial charge in [0.1, 0.15) is 5.82 Å². The first kappa shape index (κ1) is 17.9. The van der Waals surface area contributed by atoms with Crippen LogP contribution in [0.4, 0.5) is 5.82 Å². The largest absolute Gasteiger partial charge is 0.380 e. The number of hydrogen-bond acceptors (Lipinski definition) is 5. The van der Waals surface area contributed by atoms with Gasteiger partial charge in [0.25, 0.3) is 0 Å². The Kier molecular flexibility index (Phi) is 7.63. The van der Waals surface area contributed by atoms with Crippen molar-refractivity contribution in [1.29, 1.82) is 0 Å². The molecule has 0 aliphatic heterocycles. The van der Waals surface area contributed by atoms with Crippen molar-refractivity contribution < 1.29 is 13.2 Å². The lowest BCUT2D eigenvalue weighted by molar-refractivity contribution is 0.128. The summed E-state index contributed by atoms with van der Waals surface area (Å²) in [5, 5.41) is 2.99. The quantitative estimate of drug-likeness (QED) is 0.644. The van der Waals surface area contributed by atoms with E-state index in [-0.39, 0.29) is 11.4 Å². The monoisotopic (exact) mass is 315 g/mol. The Balaban J connectivity index is 2.44. The molecule has 21 heavy (non-hydrogen) atoms. The second-order valence-electron chi connectivity index (χ2n) is 5.10. The molecule has 0 fully saturated rings. The third-order valence-electron chi connectivity index (χ3n) is 2.78. The van der Waals surface area contributed by atoms with E-state index in [9.17, 15) is 8.42 Å². The fraction of sp³-hybridized carbons (Fsp3) is 0.643. The normalized spacial score (nSPS) is 11.8. The lowest BCUT2D eigenvalue weighted by Gasteiger charge is -2.09. The number of sulfonamides is 1. The molecule has 1 heterocycles. The fourth-order valence-corrected chi connectivity index (χ4v) is 2.63. The molecular weight excluding hydrogens is 290 g/mol. The molecule has 0 unspecified atom stereocenters. The zero-order chi connectivity index (χ0) is 15.7. The van der Waals surface area contributed by atoms with Crippen LogP contribution in [0.5, 0.6) is 0 Å². The molecule has 2 N–H and O–H groups in total. The van der Waals surface area contributed by atoms with Crippen molar-refractivity contribution in [3.05, 3.63) is 18.3 Å². The van der Waals surface area contributed by atoms with Crippen molar-refractivity contribution in [3.8, 4) is 0 Å². The summed E-state index contributed by atoms with van der Waals surface area (Å²) in [5.74, 6) is 1.14. The van der Waals surface area contributed by atoms with Gasteiger partial charge in [-0.05, 0) is 25.3 Å². The van der Waals surface area contributed by atoms with E-state index >= 15 is 0 Å². The molecule has 0 saturated carbocycles. The summed E-state index contributed by atoms with van der Waals surface area (Å²) in [6, 6.07) is 2.99. The van der Waals surface area contributed by atoms with Gasteiger partial charge in [-0.2, -0.15) is 0 Å². The van der Waals surface area contributed by atoms with Crippen LogP contribution in [0.15, 0.2) is 23.2 Å². The minimum absolute atomic E-state index is 0.204. The molecule has 0 aliphatic rings. The Hall–Kier alpha value is -1.18. The average molecular weight is 315 g/mol. The van der Waals surface area contributed by atoms with Gasteiger partial charge in [-0.15, -0.1) is 0 Å². The maximum atomic E-state index is 12.1. The summed E-state index contributed by atoms with van der Waals surface area (Å²) < 4.78 is 32.1. The smallest absolute Gasteiger partial charge is 0.240 e. The predicted octanol–water partition coefficient (Wildman–Crippen LogP) is 1.85. The van der Waals surface area contributed by atoms with E-state index in [1.807, 2.05) is 6.92 Å². The Bertz CT molecular complexity index is 518. The molecule has 0 aromatic carbocycles. The van der Waals surface area contributed by atoms with E-state index in [4.69, 9.17) is 4.74 Å². The highest BCUT2D eigenvalue weighted by molar-refractivity contribution is 7.89. The van der Waals surface area contributed by atoms with Crippen molar-refractivity contribution in [2.24, 2.45) is 5.92 Å². The average Bonchev–Trinajstić information content (AvgIpc) is 2.43. The van der Waals surface area contributed by atoms with Gasteiger partial charge >= 0.3 is 0 Å². The first-order valence-corrected chi connectivity index (χ1v) is 8.71. The summed E-state index contributed by atoms with van der Waals surface area (Å²) in [5.41, 5.74) is 0. The van der Waals surface area contributed by atoms with E-state index < -0.39 is 10.0 Å². The van der Waals surface area contributed by atoms with Crippen molar-refractivity contribution in [2.45, 2.75) is 32.1 Å². The second-order valence-corrected chi connectivity index (χ2v) is 6.87. The predicted molar refractivity (Wildman–Crippen MR) is 83.9 cm³/mol. The molecule has 0 spiro atoms. The summed E-state index contributed by atoms with van der Waals surface area (Å²) in [7, 11) is -3.51. The van der Waals surface area contributed by atoms with Gasteiger partial charge in [0.15, 0.2) is 0 Å². The first-order chi connectivity index (χ1) is 9.95. The molecule has 120 valence electrons. The summed E-state index contributed by atoms with van der Waals surface area (Å²) >= 11 is 0. The number of pyridine rings is 1. The molecule has 1 aromatic rings. The van der Waals surface area contributed by atoms with Crippen LogP contribution < -0.4 is 10.0 Å². The molecule has 1 rings (SSSR count). The van der Waals surface area contributed by atoms with Crippen molar-refractivity contribution in [2.75, 3.05) is 31.6 Å². The number of hydrogen-bond donors (Lipinski definition) is 2. The summed E-state index contributed by atoms with van der Waals surface area (Å²) in [4.78, 5) is 4.26. The molecule has 0 amide bonds. The van der Waals surface area contributed by atoms with Gasteiger partial charge in [0, 0.05) is 32.0 Å². The fourth-order valence-electron chi connectivity index (χ4n) is 1.61. The molecule has 6 nitrogen and oxygen atoms in total. The van der Waals surface area contributed by atoms with Crippen LogP contribution in [0.1, 0.15) is 27.2 Å². The summed E-state index contributed by atoms with van der Waals surface area (Å²) in [6.45, 7) is 8.15. The van der Waals surface area contributed by atoms with Crippen molar-refractivity contribution >= 4 is 15.8 Å². The van der Waals surface area contributed by atoms with Gasteiger partial charge in [-0.3, -0.25) is 0 Å². The third-order valence-corrected chi connectivity index (χ3v) is 4.24. The number of rotatable bonds is 10. The zero-order valence-corrected chi connectivity index (χ0v) is 13.7. The van der Waals surface area contributed by atoms with Crippen LogP contribution in [-0.4, -0.2) is 39.7 Å². The number of nitrogens with zero attached hydrogens (tertiary/aromatic N) is 1. The van der Waals surface area contributed by atoms with Crippen LogP contribution in [-0.2, 0) is 14.8 Å². The van der Waals surface area contributed by atoms with Gasteiger partial charge in [0.05, 0.1) is 11.5 Å². The molecular formula is C14H25N3O3S. The SMILES string of the molecule is CCNc1cc(S(=O)(=O)NCCOCCC(C)C)ccn1. The molecule has 0 atom stereocenters. The molecule has 0 saturated heterocycles. The zero-order valence-electron chi connectivity index (χ0n) is 12.9. The van der Waals surface area contributed by atoms with Crippen LogP contribution >= 0.6 is 0 Å². The number of ether oxygens (including phenoxy) is 1. The first-order valence-electron chi connectivity index (χ1n) is 7.23. The van der Waals surface area contributed by atoms with Gasteiger partial charge in [0.2, 0.25) is 10.0 Å². The number of aromatic nitrogens is 1. The Morgan fingerprint density at radius 2 is 2.10 bits per heavy atom. The Labute approximate surface area is 127 Å². The molecule has 0 aliphatic carbocycles.